The number of hydrogen-bond acceptors (Lipinski definition) is 4. The fourth-order valence-electron chi connectivity index (χ4n) is 3.45. The largest absolute Gasteiger partial charge is 0.375 e. The van der Waals surface area contributed by atoms with Gasteiger partial charge in [-0.1, -0.05) is 12.1 Å². The van der Waals surface area contributed by atoms with Gasteiger partial charge in [-0.3, -0.25) is 14.4 Å². The molecule has 2 heterocycles. The Hall–Kier alpha value is -2.41. The maximum absolute atomic E-state index is 12.3. The molecule has 0 saturated carbocycles. The van der Waals surface area contributed by atoms with E-state index in [1.165, 1.54) is 0 Å². The molecule has 1 aromatic carbocycles. The smallest absolute Gasteiger partial charge is 0.254 e. The van der Waals surface area contributed by atoms with E-state index in [-0.39, 0.29) is 42.2 Å². The molecular weight excluding hydrogens is 334 g/mol. The molecule has 3 amide bonds. The second kappa shape index (κ2) is 7.45. The standard InChI is InChI=1S/C19H25N3O4/c1-19(2)11-12(9-10-26-19)20-16(23)8-7-15-18(25)21-14-6-4-3-5-13(14)17(24)22-15/h3-6,12,15H,7-11H2,1-2H3,(H,20,23)(H,21,25)(H,22,24). The van der Waals surface area contributed by atoms with E-state index in [0.29, 0.717) is 17.9 Å². The molecule has 0 bridgehead atoms. The van der Waals surface area contributed by atoms with Crippen molar-refractivity contribution in [1.82, 2.24) is 10.6 Å². The summed E-state index contributed by atoms with van der Waals surface area (Å²) < 4.78 is 5.65. The van der Waals surface area contributed by atoms with Crippen molar-refractivity contribution in [2.24, 2.45) is 0 Å². The maximum atomic E-state index is 12.3. The summed E-state index contributed by atoms with van der Waals surface area (Å²) in [5.41, 5.74) is 0.681. The van der Waals surface area contributed by atoms with Crippen LogP contribution >= 0.6 is 0 Å². The summed E-state index contributed by atoms with van der Waals surface area (Å²) in [6.45, 7) is 4.64. The van der Waals surface area contributed by atoms with Gasteiger partial charge in [-0.2, -0.15) is 0 Å². The topological polar surface area (TPSA) is 96.5 Å². The van der Waals surface area contributed by atoms with Gasteiger partial charge in [0.15, 0.2) is 0 Å². The lowest BCUT2D eigenvalue weighted by atomic mass is 9.94. The number of nitrogens with one attached hydrogen (secondary N) is 3. The van der Waals surface area contributed by atoms with Crippen LogP contribution < -0.4 is 16.0 Å². The molecule has 0 aromatic heterocycles. The molecule has 2 aliphatic rings. The van der Waals surface area contributed by atoms with E-state index in [0.717, 1.165) is 12.8 Å². The third-order valence-electron chi connectivity index (χ3n) is 4.77. The van der Waals surface area contributed by atoms with Gasteiger partial charge in [-0.25, -0.2) is 0 Å². The second-order valence-electron chi connectivity index (χ2n) is 7.46. The Labute approximate surface area is 152 Å². The first-order valence-electron chi connectivity index (χ1n) is 8.98. The van der Waals surface area contributed by atoms with Gasteiger partial charge >= 0.3 is 0 Å². The fourth-order valence-corrected chi connectivity index (χ4v) is 3.45. The van der Waals surface area contributed by atoms with Gasteiger partial charge in [0.1, 0.15) is 6.04 Å². The summed E-state index contributed by atoms with van der Waals surface area (Å²) in [5, 5.41) is 8.46. The van der Waals surface area contributed by atoms with Crippen LogP contribution in [0, 0.1) is 0 Å². The zero-order chi connectivity index (χ0) is 18.7. The number of amides is 3. The van der Waals surface area contributed by atoms with Crippen LogP contribution in [-0.4, -0.2) is 42.0 Å². The van der Waals surface area contributed by atoms with E-state index in [2.05, 4.69) is 16.0 Å². The predicted molar refractivity (Wildman–Crippen MR) is 96.8 cm³/mol. The van der Waals surface area contributed by atoms with Crippen LogP contribution in [-0.2, 0) is 14.3 Å². The highest BCUT2D eigenvalue weighted by Gasteiger charge is 2.31. The number of fused-ring (bicyclic) bond motifs is 1. The Morgan fingerprint density at radius 1 is 1.31 bits per heavy atom. The van der Waals surface area contributed by atoms with Crippen molar-refractivity contribution in [1.29, 1.82) is 0 Å². The number of para-hydroxylation sites is 1. The molecular formula is C19H25N3O4. The lowest BCUT2D eigenvalue weighted by molar-refractivity contribution is -0.124. The van der Waals surface area contributed by atoms with Crippen LogP contribution in [0.3, 0.4) is 0 Å². The number of ether oxygens (including phenoxy) is 1. The average molecular weight is 359 g/mol. The van der Waals surface area contributed by atoms with Crippen LogP contribution in [0.4, 0.5) is 5.69 Å². The Morgan fingerprint density at radius 3 is 2.85 bits per heavy atom. The Kier molecular flexibility index (Phi) is 5.27. The highest BCUT2D eigenvalue weighted by molar-refractivity contribution is 6.09. The molecule has 7 heteroatoms. The van der Waals surface area contributed by atoms with Crippen LogP contribution in [0.5, 0.6) is 0 Å². The van der Waals surface area contributed by atoms with Crippen LogP contribution in [0.2, 0.25) is 0 Å². The van der Waals surface area contributed by atoms with Gasteiger partial charge in [0.25, 0.3) is 5.91 Å². The number of anilines is 1. The highest BCUT2D eigenvalue weighted by Crippen LogP contribution is 2.24. The quantitative estimate of drug-likeness (QED) is 0.761. The number of carbonyl (C=O) groups excluding carboxylic acids is 3. The van der Waals surface area contributed by atoms with Crippen LogP contribution in [0.25, 0.3) is 0 Å². The Bertz CT molecular complexity index is 716. The van der Waals surface area contributed by atoms with Gasteiger partial charge in [0.05, 0.1) is 16.9 Å². The zero-order valence-corrected chi connectivity index (χ0v) is 15.1. The SMILES string of the molecule is CC1(C)CC(NC(=O)CCC2NC(=O)c3ccccc3NC2=O)CCO1. The molecule has 0 aliphatic carbocycles. The summed E-state index contributed by atoms with van der Waals surface area (Å²) in [4.78, 5) is 36.9. The summed E-state index contributed by atoms with van der Waals surface area (Å²) in [6.07, 6.45) is 1.97. The Balaban J connectivity index is 1.54. The first-order chi connectivity index (χ1) is 12.3. The zero-order valence-electron chi connectivity index (χ0n) is 15.1. The van der Waals surface area contributed by atoms with E-state index < -0.39 is 6.04 Å². The highest BCUT2D eigenvalue weighted by atomic mass is 16.5. The van der Waals surface area contributed by atoms with E-state index in [4.69, 9.17) is 4.74 Å². The van der Waals surface area contributed by atoms with Crippen molar-refractivity contribution < 1.29 is 19.1 Å². The molecule has 1 saturated heterocycles. The van der Waals surface area contributed by atoms with Crippen molar-refractivity contribution in [3.05, 3.63) is 29.8 Å². The summed E-state index contributed by atoms with van der Waals surface area (Å²) in [5.74, 6) is -0.727. The number of benzene rings is 1. The van der Waals surface area contributed by atoms with Gasteiger partial charge in [-0.05, 0) is 45.2 Å². The van der Waals surface area contributed by atoms with Gasteiger partial charge in [0, 0.05) is 19.1 Å². The first kappa shape index (κ1) is 18.4. The normalized spacial score (nSPS) is 24.7. The summed E-state index contributed by atoms with van der Waals surface area (Å²) in [6, 6.07) is 6.20. The predicted octanol–water partition coefficient (Wildman–Crippen LogP) is 1.59. The molecule has 2 atom stereocenters. The average Bonchev–Trinajstić information content (AvgIpc) is 2.69. The van der Waals surface area contributed by atoms with E-state index >= 15 is 0 Å². The number of rotatable bonds is 4. The van der Waals surface area contributed by atoms with Crippen molar-refractivity contribution >= 4 is 23.4 Å². The molecule has 1 fully saturated rings. The fraction of sp³-hybridized carbons (Fsp3) is 0.526. The van der Waals surface area contributed by atoms with Crippen molar-refractivity contribution in [3.8, 4) is 0 Å². The Morgan fingerprint density at radius 2 is 2.08 bits per heavy atom. The van der Waals surface area contributed by atoms with Crippen molar-refractivity contribution in [3.63, 3.8) is 0 Å². The minimum absolute atomic E-state index is 0.0769. The molecule has 3 N–H and O–H groups in total. The van der Waals surface area contributed by atoms with Gasteiger partial charge in [-0.15, -0.1) is 0 Å². The molecule has 2 unspecified atom stereocenters. The summed E-state index contributed by atoms with van der Waals surface area (Å²) in [7, 11) is 0. The molecule has 140 valence electrons. The second-order valence-corrected chi connectivity index (χ2v) is 7.46. The monoisotopic (exact) mass is 359 g/mol. The van der Waals surface area contributed by atoms with Crippen LogP contribution in [0.1, 0.15) is 49.9 Å². The molecule has 0 spiro atoms. The van der Waals surface area contributed by atoms with E-state index in [1.54, 1.807) is 24.3 Å². The summed E-state index contributed by atoms with van der Waals surface area (Å²) >= 11 is 0. The molecule has 26 heavy (non-hydrogen) atoms. The minimum atomic E-state index is -0.730. The molecule has 0 radical (unpaired) electrons. The van der Waals surface area contributed by atoms with Crippen LogP contribution in [0.15, 0.2) is 24.3 Å². The van der Waals surface area contributed by atoms with Gasteiger partial charge < -0.3 is 20.7 Å². The maximum Gasteiger partial charge on any atom is 0.254 e. The van der Waals surface area contributed by atoms with E-state index in [1.807, 2.05) is 13.8 Å². The molecule has 1 aromatic rings. The molecule has 7 nitrogen and oxygen atoms in total. The third-order valence-corrected chi connectivity index (χ3v) is 4.77. The van der Waals surface area contributed by atoms with E-state index in [9.17, 15) is 14.4 Å². The van der Waals surface area contributed by atoms with Gasteiger partial charge in [0.2, 0.25) is 11.8 Å². The lowest BCUT2D eigenvalue weighted by Crippen LogP contribution is -2.46. The van der Waals surface area contributed by atoms with Crippen molar-refractivity contribution in [2.75, 3.05) is 11.9 Å². The molecule has 3 rings (SSSR count). The number of hydrogen-bond donors (Lipinski definition) is 3. The molecule has 2 aliphatic heterocycles. The number of carbonyl (C=O) groups is 3. The minimum Gasteiger partial charge on any atom is -0.375 e. The third kappa shape index (κ3) is 4.40. The first-order valence-corrected chi connectivity index (χ1v) is 8.98. The lowest BCUT2D eigenvalue weighted by Gasteiger charge is -2.35. The van der Waals surface area contributed by atoms with Crippen molar-refractivity contribution in [2.45, 2.75) is 57.2 Å².